The van der Waals surface area contributed by atoms with Crippen molar-refractivity contribution in [1.29, 1.82) is 0 Å². The van der Waals surface area contributed by atoms with E-state index in [4.69, 9.17) is 0 Å². The summed E-state index contributed by atoms with van der Waals surface area (Å²) in [4.78, 5) is 11.9. The second-order valence-corrected chi connectivity index (χ2v) is 9.89. The molecule has 0 unspecified atom stereocenters. The molecule has 0 spiro atoms. The molecule has 0 saturated carbocycles. The van der Waals surface area contributed by atoms with Crippen LogP contribution in [-0.4, -0.2) is 21.3 Å². The van der Waals surface area contributed by atoms with E-state index in [1.54, 1.807) is 0 Å². The molecule has 0 bridgehead atoms. The summed E-state index contributed by atoms with van der Waals surface area (Å²) in [6.45, 7) is 4.44. The summed E-state index contributed by atoms with van der Waals surface area (Å²) in [5.74, 6) is -2.03. The first-order valence-corrected chi connectivity index (χ1v) is 13.7. The van der Waals surface area contributed by atoms with E-state index >= 15 is 0 Å². The van der Waals surface area contributed by atoms with Crippen LogP contribution >= 0.6 is 15.9 Å². The van der Waals surface area contributed by atoms with E-state index in [1.807, 2.05) is 0 Å². The molecule has 4 nitrogen and oxygen atoms in total. The topological polar surface area (TPSA) is 77.8 Å². The number of unbranched alkanes of at least 4 members (excludes halogenated alkanes) is 14. The number of phenolic OH excluding ortho intramolecular Hbond substituents is 1. The average Bonchev–Trinajstić information content (AvgIpc) is 2.77. The maximum atomic E-state index is 11.9. The van der Waals surface area contributed by atoms with Crippen molar-refractivity contribution in [3.8, 4) is 11.5 Å². The molecule has 0 saturated heterocycles. The fraction of sp³-hybridized carbons (Fsp3) is 0.741. The third-order valence-corrected chi connectivity index (χ3v) is 7.23. The van der Waals surface area contributed by atoms with E-state index < -0.39 is 11.7 Å². The first-order valence-electron chi connectivity index (χ1n) is 12.9. The molecule has 0 radical (unpaired) electrons. The van der Waals surface area contributed by atoms with Crippen LogP contribution in [0.2, 0.25) is 0 Å². The van der Waals surface area contributed by atoms with Crippen LogP contribution in [0.25, 0.3) is 0 Å². The highest BCUT2D eigenvalue weighted by atomic mass is 79.9. The second-order valence-electron chi connectivity index (χ2n) is 9.10. The van der Waals surface area contributed by atoms with Gasteiger partial charge < -0.3 is 15.3 Å². The highest BCUT2D eigenvalue weighted by Crippen LogP contribution is 2.43. The van der Waals surface area contributed by atoms with Crippen LogP contribution in [0, 0.1) is 0 Å². The van der Waals surface area contributed by atoms with Gasteiger partial charge in [0.05, 0.1) is 4.47 Å². The zero-order chi connectivity index (χ0) is 23.8. The molecular formula is C27H45BrO4. The molecule has 0 amide bonds. The Morgan fingerprint density at radius 2 is 1.00 bits per heavy atom. The minimum absolute atomic E-state index is 0.122. The third kappa shape index (κ3) is 10.1. The van der Waals surface area contributed by atoms with Gasteiger partial charge in [-0.15, -0.1) is 0 Å². The molecule has 184 valence electrons. The number of halogens is 1. The van der Waals surface area contributed by atoms with Crippen molar-refractivity contribution >= 4 is 21.9 Å². The maximum absolute atomic E-state index is 11.9. The Bertz CT molecular complexity index is 672. The molecule has 0 aliphatic heterocycles. The standard InChI is InChI=1S/C27H45BrO4/c1-3-5-7-9-11-13-15-17-19-21-22(20-18-16-14-12-10-8-6-4-2)24(28)26(30)25(29)23(21)27(31)32/h29-30H,3-20H2,1-2H3,(H,31,32). The second kappa shape index (κ2) is 17.3. The lowest BCUT2D eigenvalue weighted by Gasteiger charge is -2.18. The molecule has 32 heavy (non-hydrogen) atoms. The normalized spacial score (nSPS) is 11.2. The maximum Gasteiger partial charge on any atom is 0.339 e. The first-order chi connectivity index (χ1) is 15.5. The fourth-order valence-electron chi connectivity index (χ4n) is 4.43. The van der Waals surface area contributed by atoms with Crippen molar-refractivity contribution in [2.24, 2.45) is 0 Å². The summed E-state index contributed by atoms with van der Waals surface area (Å²) in [6.07, 6.45) is 20.4. The van der Waals surface area contributed by atoms with E-state index in [0.29, 0.717) is 16.5 Å². The van der Waals surface area contributed by atoms with E-state index in [1.165, 1.54) is 70.6 Å². The Hall–Kier alpha value is -1.23. The van der Waals surface area contributed by atoms with Gasteiger partial charge in [0, 0.05) is 0 Å². The van der Waals surface area contributed by atoms with Gasteiger partial charge in [0.25, 0.3) is 0 Å². The van der Waals surface area contributed by atoms with Crippen molar-refractivity contribution < 1.29 is 20.1 Å². The average molecular weight is 514 g/mol. The van der Waals surface area contributed by atoms with Gasteiger partial charge in [-0.2, -0.15) is 0 Å². The van der Waals surface area contributed by atoms with Crippen molar-refractivity contribution in [3.63, 3.8) is 0 Å². The van der Waals surface area contributed by atoms with Crippen molar-refractivity contribution in [2.45, 2.75) is 129 Å². The quantitative estimate of drug-likeness (QED) is 0.127. The molecule has 0 aromatic heterocycles. The number of benzene rings is 1. The van der Waals surface area contributed by atoms with Gasteiger partial charge in [0.15, 0.2) is 11.5 Å². The molecule has 0 aliphatic rings. The number of aromatic hydroxyl groups is 2. The Morgan fingerprint density at radius 1 is 0.625 bits per heavy atom. The van der Waals surface area contributed by atoms with Gasteiger partial charge in [-0.1, -0.05) is 104 Å². The Kier molecular flexibility index (Phi) is 15.5. The predicted molar refractivity (Wildman–Crippen MR) is 137 cm³/mol. The fourth-order valence-corrected chi connectivity index (χ4v) is 5.06. The van der Waals surface area contributed by atoms with Crippen LogP contribution in [0.3, 0.4) is 0 Å². The van der Waals surface area contributed by atoms with E-state index in [2.05, 4.69) is 29.8 Å². The summed E-state index contributed by atoms with van der Waals surface area (Å²) >= 11 is 3.43. The molecule has 1 aromatic rings. The SMILES string of the molecule is CCCCCCCCCCc1c(Br)c(O)c(O)c(C(=O)O)c1CCCCCCCCCC. The number of phenols is 2. The Morgan fingerprint density at radius 3 is 1.41 bits per heavy atom. The first kappa shape index (κ1) is 28.8. The van der Waals surface area contributed by atoms with Crippen LogP contribution in [-0.2, 0) is 12.8 Å². The van der Waals surface area contributed by atoms with Crippen LogP contribution < -0.4 is 0 Å². The van der Waals surface area contributed by atoms with E-state index in [-0.39, 0.29) is 11.3 Å². The lowest BCUT2D eigenvalue weighted by atomic mass is 9.91. The Labute approximate surface area is 204 Å². The lowest BCUT2D eigenvalue weighted by Crippen LogP contribution is -2.09. The van der Waals surface area contributed by atoms with Crippen molar-refractivity contribution in [3.05, 3.63) is 21.2 Å². The molecule has 0 aliphatic carbocycles. The highest BCUT2D eigenvalue weighted by Gasteiger charge is 2.25. The van der Waals surface area contributed by atoms with Crippen LogP contribution in [0.1, 0.15) is 138 Å². The molecule has 1 aromatic carbocycles. The highest BCUT2D eigenvalue weighted by molar-refractivity contribution is 9.10. The van der Waals surface area contributed by atoms with E-state index in [9.17, 15) is 20.1 Å². The minimum Gasteiger partial charge on any atom is -0.504 e. The molecule has 0 fully saturated rings. The number of carboxylic acids is 1. The monoisotopic (exact) mass is 512 g/mol. The zero-order valence-corrected chi connectivity index (χ0v) is 21.9. The summed E-state index contributed by atoms with van der Waals surface area (Å²) in [7, 11) is 0. The number of aromatic carboxylic acids is 1. The minimum atomic E-state index is -1.17. The van der Waals surface area contributed by atoms with Crippen LogP contribution in [0.5, 0.6) is 11.5 Å². The number of carboxylic acid groups (broad SMARTS) is 1. The lowest BCUT2D eigenvalue weighted by molar-refractivity contribution is 0.0691. The molecule has 0 heterocycles. The molecule has 5 heteroatoms. The summed E-state index contributed by atoms with van der Waals surface area (Å²) in [5, 5.41) is 30.4. The molecule has 3 N–H and O–H groups in total. The van der Waals surface area contributed by atoms with Crippen LogP contribution in [0.15, 0.2) is 4.47 Å². The zero-order valence-electron chi connectivity index (χ0n) is 20.4. The number of carbonyl (C=O) groups is 1. The molecular weight excluding hydrogens is 468 g/mol. The van der Waals surface area contributed by atoms with Gasteiger partial charge >= 0.3 is 5.97 Å². The number of hydrogen-bond donors (Lipinski definition) is 3. The predicted octanol–water partition coefficient (Wildman–Crippen LogP) is 8.92. The summed E-state index contributed by atoms with van der Waals surface area (Å²) in [5.41, 5.74) is 1.42. The van der Waals surface area contributed by atoms with Gasteiger partial charge in [0.1, 0.15) is 5.56 Å². The van der Waals surface area contributed by atoms with Gasteiger partial charge in [0.2, 0.25) is 0 Å². The van der Waals surface area contributed by atoms with Crippen LogP contribution in [0.4, 0.5) is 0 Å². The summed E-state index contributed by atoms with van der Waals surface area (Å²) < 4.78 is 0.456. The summed E-state index contributed by atoms with van der Waals surface area (Å²) in [6, 6.07) is 0. The largest absolute Gasteiger partial charge is 0.504 e. The smallest absolute Gasteiger partial charge is 0.339 e. The Balaban J connectivity index is 2.72. The molecule has 0 atom stereocenters. The van der Waals surface area contributed by atoms with Crippen molar-refractivity contribution in [2.75, 3.05) is 0 Å². The van der Waals surface area contributed by atoms with Gasteiger partial charge in [-0.05, 0) is 52.7 Å². The van der Waals surface area contributed by atoms with Gasteiger partial charge in [-0.3, -0.25) is 0 Å². The van der Waals surface area contributed by atoms with E-state index in [0.717, 1.165) is 44.1 Å². The number of rotatable bonds is 19. The number of hydrogen-bond acceptors (Lipinski definition) is 3. The van der Waals surface area contributed by atoms with Gasteiger partial charge in [-0.25, -0.2) is 4.79 Å². The van der Waals surface area contributed by atoms with Crippen molar-refractivity contribution in [1.82, 2.24) is 0 Å². The molecule has 1 rings (SSSR count). The third-order valence-electron chi connectivity index (χ3n) is 6.37.